The molecule has 0 aliphatic rings. The standard InChI is InChI=1S/C16H15Cl2N3O2S2/c1-2-7-19-16(24)20-13-3-5-15(6-4-13)25(22,23)21-14-9-11(17)8-12(18)10-14/h2-6,8-10,21H,1,7H2,(H2,19,20,24). The average molecular weight is 416 g/mol. The van der Waals surface area contributed by atoms with E-state index in [0.29, 0.717) is 27.4 Å². The molecule has 0 saturated carbocycles. The predicted octanol–water partition coefficient (Wildman–Crippen LogP) is 4.27. The van der Waals surface area contributed by atoms with Gasteiger partial charge in [-0.2, -0.15) is 0 Å². The predicted molar refractivity (Wildman–Crippen MR) is 108 cm³/mol. The van der Waals surface area contributed by atoms with Crippen LogP contribution < -0.4 is 15.4 Å². The van der Waals surface area contributed by atoms with E-state index in [2.05, 4.69) is 21.9 Å². The van der Waals surface area contributed by atoms with Crippen molar-refractivity contribution < 1.29 is 8.42 Å². The van der Waals surface area contributed by atoms with Gasteiger partial charge in [0.15, 0.2) is 5.11 Å². The van der Waals surface area contributed by atoms with Crippen LogP contribution in [0.2, 0.25) is 10.0 Å². The highest BCUT2D eigenvalue weighted by atomic mass is 35.5. The lowest BCUT2D eigenvalue weighted by atomic mass is 10.3. The lowest BCUT2D eigenvalue weighted by Gasteiger charge is -2.11. The van der Waals surface area contributed by atoms with Crippen molar-refractivity contribution in [2.24, 2.45) is 0 Å². The Morgan fingerprint density at radius 1 is 1.08 bits per heavy atom. The first kappa shape index (κ1) is 19.5. The van der Waals surface area contributed by atoms with Crippen LogP contribution in [0.1, 0.15) is 0 Å². The lowest BCUT2D eigenvalue weighted by Crippen LogP contribution is -2.28. The van der Waals surface area contributed by atoms with Crippen LogP contribution in [0, 0.1) is 0 Å². The normalized spacial score (nSPS) is 10.8. The van der Waals surface area contributed by atoms with E-state index in [-0.39, 0.29) is 10.6 Å². The van der Waals surface area contributed by atoms with E-state index < -0.39 is 10.0 Å². The second-order valence-corrected chi connectivity index (χ2v) is 7.88. The molecule has 0 atom stereocenters. The molecule has 0 aromatic heterocycles. The van der Waals surface area contributed by atoms with Crippen LogP contribution in [-0.2, 0) is 10.0 Å². The van der Waals surface area contributed by atoms with Crippen LogP contribution in [0.3, 0.4) is 0 Å². The summed E-state index contributed by atoms with van der Waals surface area (Å²) >= 11 is 16.9. The molecule has 0 aliphatic carbocycles. The van der Waals surface area contributed by atoms with Gasteiger partial charge in [0.05, 0.1) is 10.6 Å². The molecule has 0 amide bonds. The minimum Gasteiger partial charge on any atom is -0.359 e. The number of rotatable bonds is 6. The Balaban J connectivity index is 2.11. The topological polar surface area (TPSA) is 70.2 Å². The van der Waals surface area contributed by atoms with Crippen LogP contribution in [0.15, 0.2) is 60.0 Å². The van der Waals surface area contributed by atoms with E-state index in [4.69, 9.17) is 35.4 Å². The summed E-state index contributed by atoms with van der Waals surface area (Å²) in [5.74, 6) is 0. The molecule has 0 heterocycles. The van der Waals surface area contributed by atoms with Crippen molar-refractivity contribution in [1.29, 1.82) is 0 Å². The van der Waals surface area contributed by atoms with Crippen molar-refractivity contribution in [3.05, 3.63) is 65.2 Å². The summed E-state index contributed by atoms with van der Waals surface area (Å²) in [5, 5.41) is 6.95. The molecule has 132 valence electrons. The van der Waals surface area contributed by atoms with Gasteiger partial charge in [-0.05, 0) is 54.7 Å². The van der Waals surface area contributed by atoms with E-state index in [9.17, 15) is 8.42 Å². The monoisotopic (exact) mass is 415 g/mol. The van der Waals surface area contributed by atoms with E-state index in [1.54, 1.807) is 18.2 Å². The number of thiocarbonyl (C=S) groups is 1. The minimum absolute atomic E-state index is 0.0964. The second kappa shape index (κ2) is 8.53. The number of sulfonamides is 1. The average Bonchev–Trinajstić information content (AvgIpc) is 2.52. The van der Waals surface area contributed by atoms with Crippen LogP contribution in [0.25, 0.3) is 0 Å². The van der Waals surface area contributed by atoms with Crippen LogP contribution in [0.4, 0.5) is 11.4 Å². The Labute approximate surface area is 162 Å². The fourth-order valence-electron chi connectivity index (χ4n) is 1.88. The number of halogens is 2. The van der Waals surface area contributed by atoms with Gasteiger partial charge in [-0.3, -0.25) is 4.72 Å². The first-order chi connectivity index (χ1) is 11.8. The highest BCUT2D eigenvalue weighted by Gasteiger charge is 2.15. The quantitative estimate of drug-likeness (QED) is 0.485. The minimum atomic E-state index is -3.76. The molecule has 2 aromatic carbocycles. The maximum absolute atomic E-state index is 12.4. The molecule has 0 spiro atoms. The Bertz CT molecular complexity index is 865. The van der Waals surface area contributed by atoms with Crippen molar-refractivity contribution in [3.8, 4) is 0 Å². The number of benzene rings is 2. The molecule has 2 rings (SSSR count). The zero-order chi connectivity index (χ0) is 18.4. The largest absolute Gasteiger partial charge is 0.359 e. The number of hydrogen-bond acceptors (Lipinski definition) is 3. The first-order valence-corrected chi connectivity index (χ1v) is 9.69. The molecular weight excluding hydrogens is 401 g/mol. The smallest absolute Gasteiger partial charge is 0.261 e. The summed E-state index contributed by atoms with van der Waals surface area (Å²) in [4.78, 5) is 0.0964. The molecular formula is C16H15Cl2N3O2S2. The molecule has 25 heavy (non-hydrogen) atoms. The third-order valence-electron chi connectivity index (χ3n) is 2.94. The Morgan fingerprint density at radius 2 is 1.68 bits per heavy atom. The molecule has 0 aliphatic heterocycles. The molecule has 5 nitrogen and oxygen atoms in total. The molecule has 9 heteroatoms. The third-order valence-corrected chi connectivity index (χ3v) is 5.02. The lowest BCUT2D eigenvalue weighted by molar-refractivity contribution is 0.601. The van der Waals surface area contributed by atoms with E-state index in [1.165, 1.54) is 30.3 Å². The van der Waals surface area contributed by atoms with Crippen LogP contribution in [0.5, 0.6) is 0 Å². The van der Waals surface area contributed by atoms with Crippen molar-refractivity contribution in [2.45, 2.75) is 4.90 Å². The van der Waals surface area contributed by atoms with Gasteiger partial charge in [-0.15, -0.1) is 6.58 Å². The number of anilines is 2. The maximum Gasteiger partial charge on any atom is 0.261 e. The SMILES string of the molecule is C=CCNC(=S)Nc1ccc(S(=O)(=O)Nc2cc(Cl)cc(Cl)c2)cc1. The van der Waals surface area contributed by atoms with Crippen molar-refractivity contribution >= 4 is 61.9 Å². The summed E-state index contributed by atoms with van der Waals surface area (Å²) in [5.41, 5.74) is 0.945. The molecule has 3 N–H and O–H groups in total. The highest BCUT2D eigenvalue weighted by Crippen LogP contribution is 2.25. The zero-order valence-electron chi connectivity index (χ0n) is 12.9. The van der Waals surface area contributed by atoms with Gasteiger partial charge in [-0.1, -0.05) is 29.3 Å². The molecule has 0 radical (unpaired) electrons. The highest BCUT2D eigenvalue weighted by molar-refractivity contribution is 7.92. The van der Waals surface area contributed by atoms with Gasteiger partial charge in [0, 0.05) is 22.3 Å². The van der Waals surface area contributed by atoms with Gasteiger partial charge in [0.25, 0.3) is 10.0 Å². The summed E-state index contributed by atoms with van der Waals surface area (Å²) in [7, 11) is -3.76. The van der Waals surface area contributed by atoms with Crippen molar-refractivity contribution in [3.63, 3.8) is 0 Å². The fraction of sp³-hybridized carbons (Fsp3) is 0.0625. The molecule has 0 fully saturated rings. The van der Waals surface area contributed by atoms with Gasteiger partial charge >= 0.3 is 0 Å². The Morgan fingerprint density at radius 3 is 2.24 bits per heavy atom. The van der Waals surface area contributed by atoms with Crippen LogP contribution in [-0.4, -0.2) is 20.1 Å². The molecule has 0 saturated heterocycles. The summed E-state index contributed by atoms with van der Waals surface area (Å²) < 4.78 is 27.3. The number of nitrogens with one attached hydrogen (secondary N) is 3. The maximum atomic E-state index is 12.4. The molecule has 0 bridgehead atoms. The summed E-state index contributed by atoms with van der Waals surface area (Å²) in [6.45, 7) is 4.12. The Kier molecular flexibility index (Phi) is 6.66. The van der Waals surface area contributed by atoms with E-state index in [1.807, 2.05) is 0 Å². The van der Waals surface area contributed by atoms with E-state index >= 15 is 0 Å². The van der Waals surface area contributed by atoms with E-state index in [0.717, 1.165) is 0 Å². The van der Waals surface area contributed by atoms with Gasteiger partial charge in [-0.25, -0.2) is 8.42 Å². The zero-order valence-corrected chi connectivity index (χ0v) is 16.1. The fourth-order valence-corrected chi connectivity index (χ4v) is 3.65. The summed E-state index contributed by atoms with van der Waals surface area (Å²) in [6, 6.07) is 10.6. The van der Waals surface area contributed by atoms with Gasteiger partial charge in [0.2, 0.25) is 0 Å². The molecule has 0 unspecified atom stereocenters. The van der Waals surface area contributed by atoms with Gasteiger partial charge < -0.3 is 10.6 Å². The first-order valence-electron chi connectivity index (χ1n) is 7.05. The third kappa shape index (κ3) is 5.89. The summed E-state index contributed by atoms with van der Waals surface area (Å²) in [6.07, 6.45) is 1.68. The van der Waals surface area contributed by atoms with Crippen molar-refractivity contribution in [1.82, 2.24) is 5.32 Å². The molecule has 2 aromatic rings. The van der Waals surface area contributed by atoms with Crippen molar-refractivity contribution in [2.75, 3.05) is 16.6 Å². The Hall–Kier alpha value is -1.80. The van der Waals surface area contributed by atoms with Crippen LogP contribution >= 0.6 is 35.4 Å². The van der Waals surface area contributed by atoms with Gasteiger partial charge in [0.1, 0.15) is 0 Å². The number of hydrogen-bond donors (Lipinski definition) is 3. The second-order valence-electron chi connectivity index (χ2n) is 4.91.